The van der Waals surface area contributed by atoms with E-state index in [2.05, 4.69) is 16.0 Å². The molecule has 0 heterocycles. The Hall–Kier alpha value is -3.38. The Morgan fingerprint density at radius 3 is 2.00 bits per heavy atom. The minimum absolute atomic E-state index is 0.113. The van der Waals surface area contributed by atoms with Crippen LogP contribution in [0.15, 0.2) is 78.9 Å². The second kappa shape index (κ2) is 8.13. The van der Waals surface area contributed by atoms with Crippen LogP contribution >= 0.6 is 12.2 Å². The smallest absolute Gasteiger partial charge is 0.257 e. The van der Waals surface area contributed by atoms with E-state index in [1.807, 2.05) is 54.6 Å². The number of amides is 1. The summed E-state index contributed by atoms with van der Waals surface area (Å²) in [5.74, 6) is -0.242. The number of rotatable bonds is 5. The van der Waals surface area contributed by atoms with Gasteiger partial charge < -0.3 is 21.7 Å². The van der Waals surface area contributed by atoms with E-state index in [9.17, 15) is 4.79 Å². The molecule has 130 valence electrons. The van der Waals surface area contributed by atoms with Crippen molar-refractivity contribution in [2.45, 2.75) is 0 Å². The van der Waals surface area contributed by atoms with Crippen molar-refractivity contribution in [3.8, 4) is 0 Å². The highest BCUT2D eigenvalue weighted by molar-refractivity contribution is 7.80. The van der Waals surface area contributed by atoms with E-state index in [1.54, 1.807) is 24.3 Å². The Bertz CT molecular complexity index is 911. The lowest BCUT2D eigenvalue weighted by atomic mass is 10.1. The van der Waals surface area contributed by atoms with Gasteiger partial charge in [0.05, 0.1) is 11.3 Å². The van der Waals surface area contributed by atoms with Gasteiger partial charge in [-0.05, 0) is 60.7 Å². The molecule has 0 spiro atoms. The lowest BCUT2D eigenvalue weighted by Crippen LogP contribution is -2.22. The molecule has 0 bridgehead atoms. The third-order valence-corrected chi connectivity index (χ3v) is 3.74. The van der Waals surface area contributed by atoms with Crippen molar-refractivity contribution < 1.29 is 4.79 Å². The summed E-state index contributed by atoms with van der Waals surface area (Å²) >= 11 is 4.85. The minimum atomic E-state index is -0.242. The van der Waals surface area contributed by atoms with Crippen LogP contribution in [-0.2, 0) is 0 Å². The number of carbonyl (C=O) groups excluding carboxylic acids is 1. The van der Waals surface area contributed by atoms with Crippen LogP contribution in [0.5, 0.6) is 0 Å². The Morgan fingerprint density at radius 2 is 1.31 bits per heavy atom. The lowest BCUT2D eigenvalue weighted by molar-refractivity contribution is 0.102. The van der Waals surface area contributed by atoms with E-state index in [4.69, 9.17) is 18.0 Å². The summed E-state index contributed by atoms with van der Waals surface area (Å²) in [6.07, 6.45) is 0. The fourth-order valence-corrected chi connectivity index (χ4v) is 2.56. The highest BCUT2D eigenvalue weighted by atomic mass is 32.1. The molecule has 0 unspecified atom stereocenters. The molecule has 0 fully saturated rings. The van der Waals surface area contributed by atoms with Gasteiger partial charge in [-0.15, -0.1) is 0 Å². The zero-order chi connectivity index (χ0) is 18.4. The molecule has 5 nitrogen and oxygen atoms in total. The topological polar surface area (TPSA) is 79.2 Å². The van der Waals surface area contributed by atoms with Gasteiger partial charge in [0.15, 0.2) is 5.11 Å². The van der Waals surface area contributed by atoms with Gasteiger partial charge in [0.1, 0.15) is 0 Å². The first-order valence-corrected chi connectivity index (χ1v) is 8.41. The monoisotopic (exact) mass is 362 g/mol. The molecule has 6 heteroatoms. The predicted molar refractivity (Wildman–Crippen MR) is 111 cm³/mol. The summed E-state index contributed by atoms with van der Waals surface area (Å²) in [4.78, 5) is 12.5. The molecule has 0 atom stereocenters. The number of hydrogen-bond donors (Lipinski definition) is 4. The number of carbonyl (C=O) groups is 1. The fraction of sp³-hybridized carbons (Fsp3) is 0. The summed E-state index contributed by atoms with van der Waals surface area (Å²) in [5, 5.41) is 9.10. The Balaban J connectivity index is 1.69. The average molecular weight is 362 g/mol. The largest absolute Gasteiger partial charge is 0.376 e. The first-order chi connectivity index (χ1) is 12.6. The van der Waals surface area contributed by atoms with Crippen molar-refractivity contribution in [2.24, 2.45) is 5.73 Å². The highest BCUT2D eigenvalue weighted by Gasteiger charge is 2.11. The lowest BCUT2D eigenvalue weighted by Gasteiger charge is -2.12. The minimum Gasteiger partial charge on any atom is -0.376 e. The maximum absolute atomic E-state index is 12.5. The summed E-state index contributed by atoms with van der Waals surface area (Å²) in [6.45, 7) is 0. The standard InChI is InChI=1S/C20H18N4OS/c21-20(26)24-18-9-5-4-8-17(18)19(25)23-16-12-10-15(11-13-16)22-14-6-2-1-3-7-14/h1-13,22H,(H,23,25)(H3,21,24,26). The van der Waals surface area contributed by atoms with E-state index in [1.165, 1.54) is 0 Å². The van der Waals surface area contributed by atoms with Gasteiger partial charge in [-0.25, -0.2) is 0 Å². The molecule has 0 radical (unpaired) electrons. The van der Waals surface area contributed by atoms with E-state index >= 15 is 0 Å². The molecule has 0 aliphatic rings. The molecule has 1 amide bonds. The molecule has 3 aromatic carbocycles. The van der Waals surface area contributed by atoms with Crippen LogP contribution in [0, 0.1) is 0 Å². The number of nitrogens with one attached hydrogen (secondary N) is 3. The van der Waals surface area contributed by atoms with Crippen molar-refractivity contribution in [3.05, 3.63) is 84.4 Å². The molecule has 3 aromatic rings. The van der Waals surface area contributed by atoms with Crippen LogP contribution in [0.3, 0.4) is 0 Å². The van der Waals surface area contributed by atoms with Crippen LogP contribution in [0.4, 0.5) is 22.7 Å². The van der Waals surface area contributed by atoms with Gasteiger partial charge in [-0.3, -0.25) is 4.79 Å². The molecule has 0 saturated heterocycles. The third kappa shape index (κ3) is 4.58. The fourth-order valence-electron chi connectivity index (χ4n) is 2.45. The number of anilines is 4. The van der Waals surface area contributed by atoms with Gasteiger partial charge in [0.2, 0.25) is 0 Å². The highest BCUT2D eigenvalue weighted by Crippen LogP contribution is 2.21. The normalized spacial score (nSPS) is 10.0. The molecule has 5 N–H and O–H groups in total. The zero-order valence-electron chi connectivity index (χ0n) is 13.9. The van der Waals surface area contributed by atoms with Gasteiger partial charge >= 0.3 is 0 Å². The van der Waals surface area contributed by atoms with Crippen LogP contribution in [0.1, 0.15) is 10.4 Å². The van der Waals surface area contributed by atoms with Crippen molar-refractivity contribution in [1.29, 1.82) is 0 Å². The van der Waals surface area contributed by atoms with Crippen molar-refractivity contribution in [3.63, 3.8) is 0 Å². The molecule has 26 heavy (non-hydrogen) atoms. The second-order valence-corrected chi connectivity index (χ2v) is 6.00. The molecule has 0 aliphatic carbocycles. The molecule has 0 saturated carbocycles. The molecule has 3 rings (SSSR count). The van der Waals surface area contributed by atoms with Crippen molar-refractivity contribution in [1.82, 2.24) is 0 Å². The summed E-state index contributed by atoms with van der Waals surface area (Å²) in [5.41, 5.74) is 9.17. The Morgan fingerprint density at radius 1 is 0.731 bits per heavy atom. The SMILES string of the molecule is NC(=S)Nc1ccccc1C(=O)Nc1ccc(Nc2ccccc2)cc1. The summed E-state index contributed by atoms with van der Waals surface area (Å²) in [7, 11) is 0. The van der Waals surface area contributed by atoms with E-state index in [-0.39, 0.29) is 11.0 Å². The number of nitrogens with two attached hydrogens (primary N) is 1. The first-order valence-electron chi connectivity index (χ1n) is 8.01. The van der Waals surface area contributed by atoms with Crippen molar-refractivity contribution in [2.75, 3.05) is 16.0 Å². The second-order valence-electron chi connectivity index (χ2n) is 5.56. The quantitative estimate of drug-likeness (QED) is 0.508. The number of benzene rings is 3. The van der Waals surface area contributed by atoms with E-state index in [0.29, 0.717) is 16.9 Å². The number of thiocarbonyl (C=S) groups is 1. The summed E-state index contributed by atoms with van der Waals surface area (Å²) in [6, 6.07) is 24.4. The average Bonchev–Trinajstić information content (AvgIpc) is 2.64. The molecule has 0 aromatic heterocycles. The van der Waals surface area contributed by atoms with Crippen LogP contribution < -0.4 is 21.7 Å². The van der Waals surface area contributed by atoms with Crippen LogP contribution in [0.25, 0.3) is 0 Å². The van der Waals surface area contributed by atoms with Gasteiger partial charge in [0, 0.05) is 17.1 Å². The van der Waals surface area contributed by atoms with Gasteiger partial charge in [-0.1, -0.05) is 30.3 Å². The Kier molecular flexibility index (Phi) is 5.46. The predicted octanol–water partition coefficient (Wildman–Crippen LogP) is 4.34. The number of para-hydroxylation sites is 2. The maximum atomic E-state index is 12.5. The molecular weight excluding hydrogens is 344 g/mol. The molecular formula is C20H18N4OS. The number of hydrogen-bond acceptors (Lipinski definition) is 3. The van der Waals surface area contributed by atoms with Gasteiger partial charge in [-0.2, -0.15) is 0 Å². The van der Waals surface area contributed by atoms with E-state index < -0.39 is 0 Å². The van der Waals surface area contributed by atoms with Crippen LogP contribution in [0.2, 0.25) is 0 Å². The van der Waals surface area contributed by atoms with Crippen LogP contribution in [-0.4, -0.2) is 11.0 Å². The summed E-state index contributed by atoms with van der Waals surface area (Å²) < 4.78 is 0. The van der Waals surface area contributed by atoms with Gasteiger partial charge in [0.25, 0.3) is 5.91 Å². The first kappa shape index (κ1) is 17.4. The van der Waals surface area contributed by atoms with Crippen molar-refractivity contribution >= 4 is 46.0 Å². The maximum Gasteiger partial charge on any atom is 0.257 e. The molecule has 0 aliphatic heterocycles. The zero-order valence-corrected chi connectivity index (χ0v) is 14.7. The Labute approximate surface area is 157 Å². The van der Waals surface area contributed by atoms with E-state index in [0.717, 1.165) is 11.4 Å². The third-order valence-electron chi connectivity index (χ3n) is 3.63.